The van der Waals surface area contributed by atoms with Crippen LogP contribution in [0.25, 0.3) is 11.5 Å². The van der Waals surface area contributed by atoms with Crippen LogP contribution in [0.4, 0.5) is 5.69 Å². The Balaban J connectivity index is 1.59. The molecule has 3 aromatic rings. The second-order valence-corrected chi connectivity index (χ2v) is 7.30. The molecule has 0 radical (unpaired) electrons. The third-order valence-electron chi connectivity index (χ3n) is 3.67. The Bertz CT molecular complexity index is 911. The van der Waals surface area contributed by atoms with Crippen LogP contribution in [0.2, 0.25) is 5.02 Å². The lowest BCUT2D eigenvalue weighted by atomic mass is 10.0. The Hall–Kier alpha value is -2.31. The highest BCUT2D eigenvalue weighted by Gasteiger charge is 2.13. The minimum atomic E-state index is -0.131. The second-order valence-electron chi connectivity index (χ2n) is 5.97. The first-order valence-electron chi connectivity index (χ1n) is 8.14. The van der Waals surface area contributed by atoms with Gasteiger partial charge in [0.1, 0.15) is 0 Å². The first-order chi connectivity index (χ1) is 12.5. The third kappa shape index (κ3) is 4.65. The molecule has 0 fully saturated rings. The van der Waals surface area contributed by atoms with Crippen LogP contribution in [0.15, 0.2) is 58.2 Å². The van der Waals surface area contributed by atoms with Gasteiger partial charge in [-0.2, -0.15) is 0 Å². The van der Waals surface area contributed by atoms with E-state index in [0.29, 0.717) is 27.6 Å². The molecule has 0 aliphatic carbocycles. The van der Waals surface area contributed by atoms with Gasteiger partial charge in [0, 0.05) is 5.69 Å². The van der Waals surface area contributed by atoms with Crippen molar-refractivity contribution >= 4 is 35.0 Å². The van der Waals surface area contributed by atoms with Gasteiger partial charge in [-0.3, -0.25) is 4.79 Å². The zero-order chi connectivity index (χ0) is 18.5. The number of benzene rings is 2. The fourth-order valence-corrected chi connectivity index (χ4v) is 3.09. The average molecular weight is 388 g/mol. The highest BCUT2D eigenvalue weighted by molar-refractivity contribution is 7.99. The van der Waals surface area contributed by atoms with E-state index in [2.05, 4.69) is 29.4 Å². The minimum Gasteiger partial charge on any atom is -0.411 e. The smallest absolute Gasteiger partial charge is 0.277 e. The molecule has 1 aromatic heterocycles. The van der Waals surface area contributed by atoms with Crippen LogP contribution in [0.3, 0.4) is 0 Å². The molecule has 0 saturated heterocycles. The largest absolute Gasteiger partial charge is 0.411 e. The molecule has 0 spiro atoms. The summed E-state index contributed by atoms with van der Waals surface area (Å²) in [6.45, 7) is 4.23. The summed E-state index contributed by atoms with van der Waals surface area (Å²) in [5.41, 5.74) is 2.63. The van der Waals surface area contributed by atoms with Crippen molar-refractivity contribution in [3.63, 3.8) is 0 Å². The zero-order valence-corrected chi connectivity index (χ0v) is 16.0. The van der Waals surface area contributed by atoms with Crippen LogP contribution in [-0.2, 0) is 4.79 Å². The summed E-state index contributed by atoms with van der Waals surface area (Å²) >= 11 is 7.31. The summed E-state index contributed by atoms with van der Waals surface area (Å²) in [6.07, 6.45) is 0. The van der Waals surface area contributed by atoms with E-state index >= 15 is 0 Å². The maximum atomic E-state index is 12.2. The van der Waals surface area contributed by atoms with Crippen LogP contribution in [0.1, 0.15) is 25.3 Å². The van der Waals surface area contributed by atoms with Gasteiger partial charge in [-0.15, -0.1) is 10.2 Å². The fraction of sp³-hybridized carbons (Fsp3) is 0.211. The Morgan fingerprint density at radius 3 is 2.77 bits per heavy atom. The topological polar surface area (TPSA) is 68.0 Å². The number of rotatable bonds is 6. The number of amides is 1. The molecule has 0 atom stereocenters. The summed E-state index contributed by atoms with van der Waals surface area (Å²) in [4.78, 5) is 12.2. The number of halogens is 1. The highest BCUT2D eigenvalue weighted by Crippen LogP contribution is 2.28. The Labute approximate surface area is 161 Å². The number of aromatic nitrogens is 2. The van der Waals surface area contributed by atoms with E-state index in [9.17, 15) is 4.79 Å². The zero-order valence-electron chi connectivity index (χ0n) is 14.4. The van der Waals surface area contributed by atoms with Crippen molar-refractivity contribution in [3.8, 4) is 11.5 Å². The fourth-order valence-electron chi connectivity index (χ4n) is 2.31. The number of nitrogens with zero attached hydrogens (tertiary/aromatic N) is 2. The van der Waals surface area contributed by atoms with E-state index in [-0.39, 0.29) is 11.7 Å². The Kier molecular flexibility index (Phi) is 5.96. The van der Waals surface area contributed by atoms with Gasteiger partial charge in [-0.05, 0) is 35.7 Å². The van der Waals surface area contributed by atoms with Gasteiger partial charge >= 0.3 is 0 Å². The number of carbonyl (C=O) groups excluding carboxylic acids is 1. The van der Waals surface area contributed by atoms with Crippen molar-refractivity contribution in [2.45, 2.75) is 25.0 Å². The lowest BCUT2D eigenvalue weighted by molar-refractivity contribution is -0.113. The van der Waals surface area contributed by atoms with Crippen LogP contribution in [0.5, 0.6) is 0 Å². The normalized spacial score (nSPS) is 10.9. The predicted molar refractivity (Wildman–Crippen MR) is 105 cm³/mol. The van der Waals surface area contributed by atoms with Crippen LogP contribution in [0, 0.1) is 0 Å². The highest BCUT2D eigenvalue weighted by atomic mass is 35.5. The van der Waals surface area contributed by atoms with Gasteiger partial charge in [0.2, 0.25) is 11.8 Å². The van der Waals surface area contributed by atoms with E-state index in [1.54, 1.807) is 12.1 Å². The molecule has 3 rings (SSSR count). The van der Waals surface area contributed by atoms with Crippen LogP contribution in [-0.4, -0.2) is 21.9 Å². The van der Waals surface area contributed by atoms with Crippen molar-refractivity contribution in [1.82, 2.24) is 10.2 Å². The molecule has 2 aromatic carbocycles. The SMILES string of the molecule is CC(C)c1cccc(NC(=O)CSc2nnc(-c3ccccc3Cl)o2)c1. The monoisotopic (exact) mass is 387 g/mol. The first-order valence-corrected chi connectivity index (χ1v) is 9.50. The summed E-state index contributed by atoms with van der Waals surface area (Å²) in [6, 6.07) is 15.1. The maximum absolute atomic E-state index is 12.2. The lowest BCUT2D eigenvalue weighted by Crippen LogP contribution is -2.14. The summed E-state index contributed by atoms with van der Waals surface area (Å²) in [7, 11) is 0. The van der Waals surface area contributed by atoms with E-state index in [4.69, 9.17) is 16.0 Å². The van der Waals surface area contributed by atoms with E-state index in [0.717, 1.165) is 5.69 Å². The average Bonchev–Trinajstić information content (AvgIpc) is 3.09. The summed E-state index contributed by atoms with van der Waals surface area (Å²) in [5.74, 6) is 0.787. The first kappa shape index (κ1) is 18.5. The molecular weight excluding hydrogens is 370 g/mol. The number of hydrogen-bond donors (Lipinski definition) is 1. The van der Waals surface area contributed by atoms with Crippen molar-refractivity contribution < 1.29 is 9.21 Å². The van der Waals surface area contributed by atoms with Gasteiger partial charge in [0.15, 0.2) is 0 Å². The molecule has 1 amide bonds. The van der Waals surface area contributed by atoms with Crippen LogP contribution >= 0.6 is 23.4 Å². The predicted octanol–water partition coefficient (Wildman–Crippen LogP) is 5.24. The molecule has 26 heavy (non-hydrogen) atoms. The molecule has 7 heteroatoms. The second kappa shape index (κ2) is 8.38. The molecule has 0 unspecified atom stereocenters. The molecule has 134 valence electrons. The molecule has 0 aliphatic rings. The Morgan fingerprint density at radius 1 is 1.19 bits per heavy atom. The van der Waals surface area contributed by atoms with Crippen molar-refractivity contribution in [1.29, 1.82) is 0 Å². The quantitative estimate of drug-likeness (QED) is 0.585. The molecule has 0 saturated carbocycles. The molecule has 0 bridgehead atoms. The third-order valence-corrected chi connectivity index (χ3v) is 4.82. The standard InChI is InChI=1S/C19H18ClN3O2S/c1-12(2)13-6-5-7-14(10-13)21-17(24)11-26-19-23-22-18(25-19)15-8-3-4-9-16(15)20/h3-10,12H,11H2,1-2H3,(H,21,24). The van der Waals surface area contributed by atoms with Crippen LogP contribution < -0.4 is 5.32 Å². The minimum absolute atomic E-state index is 0.131. The molecular formula is C19H18ClN3O2S. The molecule has 0 aliphatic heterocycles. The van der Waals surface area contributed by atoms with Crippen molar-refractivity contribution in [2.24, 2.45) is 0 Å². The van der Waals surface area contributed by atoms with Gasteiger partial charge in [0.25, 0.3) is 5.22 Å². The number of nitrogens with one attached hydrogen (secondary N) is 1. The summed E-state index contributed by atoms with van der Waals surface area (Å²) < 4.78 is 5.58. The maximum Gasteiger partial charge on any atom is 0.277 e. The number of hydrogen-bond acceptors (Lipinski definition) is 5. The van der Waals surface area contributed by atoms with Gasteiger partial charge in [0.05, 0.1) is 16.3 Å². The lowest BCUT2D eigenvalue weighted by Gasteiger charge is -2.09. The summed E-state index contributed by atoms with van der Waals surface area (Å²) in [5, 5.41) is 11.7. The Morgan fingerprint density at radius 2 is 2.00 bits per heavy atom. The van der Waals surface area contributed by atoms with Gasteiger partial charge in [-0.1, -0.05) is 61.5 Å². The number of anilines is 1. The van der Waals surface area contributed by atoms with Crippen molar-refractivity contribution in [2.75, 3.05) is 11.1 Å². The van der Waals surface area contributed by atoms with E-state index < -0.39 is 0 Å². The van der Waals surface area contributed by atoms with Gasteiger partial charge < -0.3 is 9.73 Å². The van der Waals surface area contributed by atoms with E-state index in [1.165, 1.54) is 17.3 Å². The molecule has 5 nitrogen and oxygen atoms in total. The van der Waals surface area contributed by atoms with Gasteiger partial charge in [-0.25, -0.2) is 0 Å². The van der Waals surface area contributed by atoms with E-state index in [1.807, 2.05) is 36.4 Å². The number of carbonyl (C=O) groups is 1. The van der Waals surface area contributed by atoms with Crippen molar-refractivity contribution in [3.05, 3.63) is 59.1 Å². The molecule has 1 N–H and O–H groups in total. The number of thioether (sulfide) groups is 1. The molecule has 1 heterocycles.